The van der Waals surface area contributed by atoms with Gasteiger partial charge in [-0.1, -0.05) is 26.8 Å². The first-order valence-electron chi connectivity index (χ1n) is 4.53. The summed E-state index contributed by atoms with van der Waals surface area (Å²) in [6, 6.07) is 0. The van der Waals surface area contributed by atoms with Crippen LogP contribution in [0, 0.1) is 5.41 Å². The van der Waals surface area contributed by atoms with Crippen molar-refractivity contribution >= 4 is 0 Å². The molecule has 0 saturated heterocycles. The number of hydrogen-bond acceptors (Lipinski definition) is 1. The minimum absolute atomic E-state index is 0.277. The lowest BCUT2D eigenvalue weighted by molar-refractivity contribution is 0.345. The first-order valence-corrected chi connectivity index (χ1v) is 4.53. The molecule has 68 valence electrons. The summed E-state index contributed by atoms with van der Waals surface area (Å²) in [6.45, 7) is 9.95. The smallest absolute Gasteiger partial charge is 0.0420 e. The molecular formula is C11H19N. The third kappa shape index (κ3) is 1.71. The maximum atomic E-state index is 2.33. The zero-order chi connectivity index (χ0) is 9.35. The minimum atomic E-state index is 0.277. The van der Waals surface area contributed by atoms with Gasteiger partial charge in [-0.05, 0) is 18.6 Å². The van der Waals surface area contributed by atoms with E-state index in [2.05, 4.69) is 51.8 Å². The number of hydrogen-bond donors (Lipinski definition) is 0. The predicted octanol–water partition coefficient (Wildman–Crippen LogP) is 2.81. The van der Waals surface area contributed by atoms with E-state index in [1.54, 1.807) is 0 Å². The molecule has 1 heteroatoms. The van der Waals surface area contributed by atoms with Crippen molar-refractivity contribution in [3.05, 3.63) is 23.4 Å². The maximum absolute atomic E-state index is 2.33. The van der Waals surface area contributed by atoms with E-state index < -0.39 is 0 Å². The van der Waals surface area contributed by atoms with Gasteiger partial charge in [0.2, 0.25) is 0 Å². The third-order valence-corrected chi connectivity index (χ3v) is 2.29. The second kappa shape index (κ2) is 2.96. The van der Waals surface area contributed by atoms with Crippen LogP contribution in [0.25, 0.3) is 0 Å². The highest BCUT2D eigenvalue weighted by molar-refractivity contribution is 5.33. The van der Waals surface area contributed by atoms with Crippen LogP contribution in [0.2, 0.25) is 0 Å². The van der Waals surface area contributed by atoms with Crippen molar-refractivity contribution < 1.29 is 0 Å². The highest BCUT2D eigenvalue weighted by Gasteiger charge is 2.24. The Morgan fingerprint density at radius 3 is 2.25 bits per heavy atom. The molecule has 1 nitrogen and oxygen atoms in total. The minimum Gasteiger partial charge on any atom is -0.373 e. The largest absolute Gasteiger partial charge is 0.373 e. The monoisotopic (exact) mass is 165 g/mol. The maximum Gasteiger partial charge on any atom is 0.0420 e. The van der Waals surface area contributed by atoms with Crippen molar-refractivity contribution in [2.45, 2.75) is 27.7 Å². The Bertz CT molecular complexity index is 228. The molecule has 0 N–H and O–H groups in total. The lowest BCUT2D eigenvalue weighted by atomic mass is 9.91. The van der Waals surface area contributed by atoms with Gasteiger partial charge in [-0.25, -0.2) is 0 Å². The van der Waals surface area contributed by atoms with Crippen LogP contribution in [-0.2, 0) is 0 Å². The topological polar surface area (TPSA) is 3.24 Å². The summed E-state index contributed by atoms with van der Waals surface area (Å²) < 4.78 is 0. The average molecular weight is 165 g/mol. The van der Waals surface area contributed by atoms with Gasteiger partial charge in [0.15, 0.2) is 0 Å². The van der Waals surface area contributed by atoms with Crippen molar-refractivity contribution in [3.8, 4) is 0 Å². The molecule has 0 aromatic heterocycles. The first kappa shape index (κ1) is 9.37. The van der Waals surface area contributed by atoms with Gasteiger partial charge in [0.25, 0.3) is 0 Å². The quantitative estimate of drug-likeness (QED) is 0.533. The predicted molar refractivity (Wildman–Crippen MR) is 53.9 cm³/mol. The summed E-state index contributed by atoms with van der Waals surface area (Å²) in [5.41, 5.74) is 3.15. The lowest BCUT2D eigenvalue weighted by Gasteiger charge is -2.27. The molecule has 0 amide bonds. The van der Waals surface area contributed by atoms with E-state index in [9.17, 15) is 0 Å². The number of likely N-dealkylation sites (N-methyl/N-ethyl adjacent to an activating group) is 1. The van der Waals surface area contributed by atoms with E-state index in [-0.39, 0.29) is 5.41 Å². The highest BCUT2D eigenvalue weighted by Crippen LogP contribution is 2.32. The van der Waals surface area contributed by atoms with E-state index in [1.165, 1.54) is 11.3 Å². The van der Waals surface area contributed by atoms with Crippen LogP contribution in [0.4, 0.5) is 0 Å². The second-order valence-electron chi connectivity index (χ2n) is 4.50. The molecule has 1 aliphatic heterocycles. The van der Waals surface area contributed by atoms with Gasteiger partial charge < -0.3 is 4.90 Å². The van der Waals surface area contributed by atoms with Crippen LogP contribution < -0.4 is 0 Å². The van der Waals surface area contributed by atoms with Gasteiger partial charge in [0.05, 0.1) is 0 Å². The van der Waals surface area contributed by atoms with Gasteiger partial charge in [-0.3, -0.25) is 0 Å². The average Bonchev–Trinajstić information content (AvgIpc) is 2.29. The zero-order valence-electron chi connectivity index (χ0n) is 8.81. The van der Waals surface area contributed by atoms with Crippen molar-refractivity contribution in [1.29, 1.82) is 0 Å². The molecule has 0 aromatic carbocycles. The summed E-state index contributed by atoms with van der Waals surface area (Å²) in [4.78, 5) is 2.33. The molecule has 0 aromatic rings. The van der Waals surface area contributed by atoms with Crippen molar-refractivity contribution in [1.82, 2.24) is 4.90 Å². The standard InChI is InChI=1S/C11H19N/c1-6-9-7-10(11(2,3)4)12(5)8-9/h6-7H,8H2,1-5H3/b9-6-. The number of allylic oxidation sites excluding steroid dienone is 2. The Balaban J connectivity index is 2.91. The van der Waals surface area contributed by atoms with Crippen molar-refractivity contribution in [3.63, 3.8) is 0 Å². The van der Waals surface area contributed by atoms with E-state index >= 15 is 0 Å². The lowest BCUT2D eigenvalue weighted by Crippen LogP contribution is -2.23. The van der Waals surface area contributed by atoms with Gasteiger partial charge in [-0.2, -0.15) is 0 Å². The second-order valence-corrected chi connectivity index (χ2v) is 4.50. The zero-order valence-corrected chi connectivity index (χ0v) is 8.81. The fraction of sp³-hybridized carbons (Fsp3) is 0.636. The summed E-state index contributed by atoms with van der Waals surface area (Å²) in [5, 5.41) is 0. The van der Waals surface area contributed by atoms with Gasteiger partial charge in [0, 0.05) is 24.7 Å². The molecule has 0 unspecified atom stereocenters. The SMILES string of the molecule is C/C=C1/C=C(C(C)(C)C)N(C)C1. The molecule has 0 fully saturated rings. The Kier molecular flexibility index (Phi) is 2.31. The van der Waals surface area contributed by atoms with E-state index in [0.29, 0.717) is 0 Å². The molecule has 1 aliphatic rings. The molecule has 0 atom stereocenters. The van der Waals surface area contributed by atoms with Crippen LogP contribution in [0.5, 0.6) is 0 Å². The molecule has 1 rings (SSSR count). The third-order valence-electron chi connectivity index (χ3n) is 2.29. The van der Waals surface area contributed by atoms with Crippen LogP contribution in [0.1, 0.15) is 27.7 Å². The fourth-order valence-corrected chi connectivity index (χ4v) is 1.65. The molecular weight excluding hydrogens is 146 g/mol. The molecule has 12 heavy (non-hydrogen) atoms. The molecule has 0 bridgehead atoms. The van der Waals surface area contributed by atoms with Crippen LogP contribution in [0.3, 0.4) is 0 Å². The van der Waals surface area contributed by atoms with Gasteiger partial charge in [-0.15, -0.1) is 0 Å². The Morgan fingerprint density at radius 2 is 2.00 bits per heavy atom. The highest BCUT2D eigenvalue weighted by atomic mass is 15.1. The van der Waals surface area contributed by atoms with Crippen molar-refractivity contribution in [2.75, 3.05) is 13.6 Å². The summed E-state index contributed by atoms with van der Waals surface area (Å²) in [6.07, 6.45) is 4.50. The summed E-state index contributed by atoms with van der Waals surface area (Å²) >= 11 is 0. The number of nitrogens with zero attached hydrogens (tertiary/aromatic N) is 1. The van der Waals surface area contributed by atoms with E-state index in [0.717, 1.165) is 6.54 Å². The van der Waals surface area contributed by atoms with Crippen LogP contribution in [0.15, 0.2) is 23.4 Å². The molecule has 1 heterocycles. The van der Waals surface area contributed by atoms with Gasteiger partial charge >= 0.3 is 0 Å². The Labute approximate surface area is 75.8 Å². The summed E-state index contributed by atoms with van der Waals surface area (Å²) in [5.74, 6) is 0. The van der Waals surface area contributed by atoms with Gasteiger partial charge in [0.1, 0.15) is 0 Å². The van der Waals surface area contributed by atoms with E-state index in [4.69, 9.17) is 0 Å². The normalized spacial score (nSPS) is 21.9. The first-order chi connectivity index (χ1) is 5.45. The molecule has 0 saturated carbocycles. The summed E-state index contributed by atoms with van der Waals surface area (Å²) in [7, 11) is 2.16. The molecule has 0 radical (unpaired) electrons. The van der Waals surface area contributed by atoms with Crippen LogP contribution >= 0.6 is 0 Å². The fourth-order valence-electron chi connectivity index (χ4n) is 1.65. The van der Waals surface area contributed by atoms with Crippen molar-refractivity contribution in [2.24, 2.45) is 5.41 Å². The Morgan fingerprint density at radius 1 is 1.42 bits per heavy atom. The number of rotatable bonds is 0. The van der Waals surface area contributed by atoms with E-state index in [1.807, 2.05) is 0 Å². The molecule has 0 aliphatic carbocycles. The Hall–Kier alpha value is -0.720. The van der Waals surface area contributed by atoms with Crippen LogP contribution in [-0.4, -0.2) is 18.5 Å². The molecule has 0 spiro atoms.